The first-order chi connectivity index (χ1) is 14.3. The summed E-state index contributed by atoms with van der Waals surface area (Å²) in [6.45, 7) is 4.18. The predicted octanol–water partition coefficient (Wildman–Crippen LogP) is 3.36. The summed E-state index contributed by atoms with van der Waals surface area (Å²) >= 11 is 0. The molecule has 9 nitrogen and oxygen atoms in total. The molecule has 0 radical (unpaired) electrons. The Balaban J connectivity index is 2.02. The topological polar surface area (TPSA) is 121 Å². The average Bonchev–Trinajstić information content (AvgIpc) is 2.74. The lowest BCUT2D eigenvalue weighted by molar-refractivity contribution is -0.384. The van der Waals surface area contributed by atoms with Gasteiger partial charge in [0.25, 0.3) is 11.6 Å². The molecule has 0 spiro atoms. The second kappa shape index (κ2) is 8.56. The zero-order valence-electron chi connectivity index (χ0n) is 16.4. The number of ether oxygens (including phenoxy) is 1. The first-order valence-electron chi connectivity index (χ1n) is 9.25. The van der Waals surface area contributed by atoms with Gasteiger partial charge in [-0.3, -0.25) is 19.7 Å². The van der Waals surface area contributed by atoms with Crippen LogP contribution in [0.3, 0.4) is 0 Å². The SMILES string of the molecule is CCOC(=O)c1cn(CC)c2ccc(NC(=O)c3cccc([N+](=O)[O-])c3)cc2c1=O. The van der Waals surface area contributed by atoms with Crippen LogP contribution < -0.4 is 10.7 Å². The monoisotopic (exact) mass is 409 g/mol. The molecule has 0 atom stereocenters. The third-order valence-electron chi connectivity index (χ3n) is 4.49. The molecular formula is C21H19N3O6. The van der Waals surface area contributed by atoms with Crippen molar-refractivity contribution in [1.29, 1.82) is 0 Å². The summed E-state index contributed by atoms with van der Waals surface area (Å²) in [5.74, 6) is -1.27. The Bertz CT molecular complexity index is 1220. The Labute approximate surface area is 171 Å². The number of non-ortho nitro benzene ring substituents is 1. The van der Waals surface area contributed by atoms with Crippen molar-refractivity contribution in [3.05, 3.63) is 80.1 Å². The molecule has 0 aliphatic heterocycles. The van der Waals surface area contributed by atoms with E-state index in [1.807, 2.05) is 6.92 Å². The minimum atomic E-state index is -0.711. The number of pyridine rings is 1. The Kier molecular flexibility index (Phi) is 5.91. The smallest absolute Gasteiger partial charge is 0.343 e. The van der Waals surface area contributed by atoms with Crippen molar-refractivity contribution >= 4 is 34.2 Å². The molecule has 0 saturated carbocycles. The first-order valence-corrected chi connectivity index (χ1v) is 9.25. The summed E-state index contributed by atoms with van der Waals surface area (Å²) < 4.78 is 6.71. The Morgan fingerprint density at radius 3 is 2.60 bits per heavy atom. The summed E-state index contributed by atoms with van der Waals surface area (Å²) in [5, 5.41) is 13.8. The first kappa shape index (κ1) is 20.7. The van der Waals surface area contributed by atoms with Gasteiger partial charge in [0, 0.05) is 41.5 Å². The number of amides is 1. The van der Waals surface area contributed by atoms with Gasteiger partial charge in [0.05, 0.1) is 17.0 Å². The van der Waals surface area contributed by atoms with Crippen LogP contribution in [0, 0.1) is 10.1 Å². The van der Waals surface area contributed by atoms with Crippen molar-refractivity contribution in [3.63, 3.8) is 0 Å². The molecule has 154 valence electrons. The van der Waals surface area contributed by atoms with Gasteiger partial charge in [-0.05, 0) is 38.1 Å². The van der Waals surface area contributed by atoms with Crippen LogP contribution in [0.2, 0.25) is 0 Å². The van der Waals surface area contributed by atoms with Crippen molar-refractivity contribution in [1.82, 2.24) is 4.57 Å². The number of carbonyl (C=O) groups is 2. The summed E-state index contributed by atoms with van der Waals surface area (Å²) in [7, 11) is 0. The highest BCUT2D eigenvalue weighted by Crippen LogP contribution is 2.20. The molecule has 0 unspecified atom stereocenters. The van der Waals surface area contributed by atoms with Crippen molar-refractivity contribution in [3.8, 4) is 0 Å². The summed E-state index contributed by atoms with van der Waals surface area (Å²) in [6.07, 6.45) is 1.46. The lowest BCUT2D eigenvalue weighted by Gasteiger charge is -2.13. The van der Waals surface area contributed by atoms with Crippen molar-refractivity contribution in [2.45, 2.75) is 20.4 Å². The standard InChI is InChI=1S/C21H19N3O6/c1-3-23-12-17(21(27)30-4-2)19(25)16-11-14(8-9-18(16)23)22-20(26)13-6-5-7-15(10-13)24(28)29/h5-12H,3-4H2,1-2H3,(H,22,26). The number of fused-ring (bicyclic) bond motifs is 1. The fourth-order valence-corrected chi connectivity index (χ4v) is 3.06. The minimum Gasteiger partial charge on any atom is -0.462 e. The highest BCUT2D eigenvalue weighted by molar-refractivity contribution is 6.05. The Morgan fingerprint density at radius 1 is 1.17 bits per heavy atom. The number of rotatable bonds is 6. The third kappa shape index (κ3) is 4.04. The third-order valence-corrected chi connectivity index (χ3v) is 4.49. The molecule has 1 heterocycles. The zero-order valence-corrected chi connectivity index (χ0v) is 16.4. The number of carbonyl (C=O) groups excluding carboxylic acids is 2. The Hall–Kier alpha value is -4.01. The number of nitrogens with one attached hydrogen (secondary N) is 1. The fourth-order valence-electron chi connectivity index (χ4n) is 3.06. The molecule has 0 aliphatic rings. The van der Waals surface area contributed by atoms with Gasteiger partial charge in [0.2, 0.25) is 5.43 Å². The van der Waals surface area contributed by atoms with Crippen LogP contribution in [0.25, 0.3) is 10.9 Å². The number of nitro benzene ring substituents is 1. The largest absolute Gasteiger partial charge is 0.462 e. The molecule has 3 rings (SSSR count). The van der Waals surface area contributed by atoms with Gasteiger partial charge >= 0.3 is 5.97 Å². The quantitative estimate of drug-likeness (QED) is 0.379. The molecule has 0 fully saturated rings. The van der Waals surface area contributed by atoms with Crippen LogP contribution in [0.5, 0.6) is 0 Å². The van der Waals surface area contributed by atoms with Crippen molar-refractivity contribution in [2.75, 3.05) is 11.9 Å². The highest BCUT2D eigenvalue weighted by atomic mass is 16.6. The van der Waals surface area contributed by atoms with Gasteiger partial charge in [-0.1, -0.05) is 6.07 Å². The van der Waals surface area contributed by atoms with E-state index in [2.05, 4.69) is 5.32 Å². The van der Waals surface area contributed by atoms with E-state index in [4.69, 9.17) is 4.74 Å². The van der Waals surface area contributed by atoms with E-state index in [-0.39, 0.29) is 28.8 Å². The second-order valence-electron chi connectivity index (χ2n) is 6.37. The van der Waals surface area contributed by atoms with Crippen LogP contribution in [-0.2, 0) is 11.3 Å². The van der Waals surface area contributed by atoms with Crippen LogP contribution in [0.4, 0.5) is 11.4 Å². The van der Waals surface area contributed by atoms with Crippen LogP contribution in [0.1, 0.15) is 34.6 Å². The van der Waals surface area contributed by atoms with E-state index in [1.54, 1.807) is 23.6 Å². The van der Waals surface area contributed by atoms with Crippen molar-refractivity contribution in [2.24, 2.45) is 0 Å². The van der Waals surface area contributed by atoms with Gasteiger partial charge in [0.15, 0.2) is 0 Å². The number of hydrogen-bond acceptors (Lipinski definition) is 6. The number of benzene rings is 2. The summed E-state index contributed by atoms with van der Waals surface area (Å²) in [6, 6.07) is 10.1. The molecule has 3 aromatic rings. The molecule has 1 aromatic heterocycles. The van der Waals surface area contributed by atoms with Crippen LogP contribution in [0.15, 0.2) is 53.5 Å². The zero-order chi connectivity index (χ0) is 21.8. The molecule has 0 saturated heterocycles. The van der Waals surface area contributed by atoms with Gasteiger partial charge in [-0.15, -0.1) is 0 Å². The second-order valence-corrected chi connectivity index (χ2v) is 6.37. The lowest BCUT2D eigenvalue weighted by Crippen LogP contribution is -2.21. The highest BCUT2D eigenvalue weighted by Gasteiger charge is 2.17. The van der Waals surface area contributed by atoms with E-state index >= 15 is 0 Å². The Morgan fingerprint density at radius 2 is 1.93 bits per heavy atom. The molecule has 9 heteroatoms. The average molecular weight is 409 g/mol. The maximum atomic E-state index is 12.8. The number of nitrogens with zero attached hydrogens (tertiary/aromatic N) is 2. The van der Waals surface area contributed by atoms with Gasteiger partial charge in [0.1, 0.15) is 5.56 Å². The van der Waals surface area contributed by atoms with E-state index < -0.39 is 22.2 Å². The van der Waals surface area contributed by atoms with Gasteiger partial charge in [-0.2, -0.15) is 0 Å². The molecule has 0 aliphatic carbocycles. The van der Waals surface area contributed by atoms with E-state index in [9.17, 15) is 24.5 Å². The maximum Gasteiger partial charge on any atom is 0.343 e. The minimum absolute atomic E-state index is 0.0895. The number of hydrogen-bond donors (Lipinski definition) is 1. The molecule has 30 heavy (non-hydrogen) atoms. The van der Waals surface area contributed by atoms with Crippen molar-refractivity contribution < 1.29 is 19.2 Å². The number of esters is 1. The summed E-state index contributed by atoms with van der Waals surface area (Å²) in [4.78, 5) is 47.8. The van der Waals surface area contributed by atoms with Gasteiger partial charge < -0.3 is 14.6 Å². The van der Waals surface area contributed by atoms with E-state index in [0.29, 0.717) is 17.7 Å². The molecule has 1 amide bonds. The lowest BCUT2D eigenvalue weighted by atomic mass is 10.1. The molecule has 0 bridgehead atoms. The predicted molar refractivity (Wildman–Crippen MR) is 111 cm³/mol. The van der Waals surface area contributed by atoms with Crippen LogP contribution >= 0.6 is 0 Å². The number of nitro groups is 1. The van der Waals surface area contributed by atoms with E-state index in [0.717, 1.165) is 0 Å². The fraction of sp³-hybridized carbons (Fsp3) is 0.190. The van der Waals surface area contributed by atoms with E-state index in [1.165, 1.54) is 36.5 Å². The normalized spacial score (nSPS) is 10.6. The van der Waals surface area contributed by atoms with Crippen LogP contribution in [-0.4, -0.2) is 28.0 Å². The number of aromatic nitrogens is 1. The maximum absolute atomic E-state index is 12.8. The number of aryl methyl sites for hydroxylation is 1. The molecule has 1 N–H and O–H groups in total. The molecule has 2 aromatic carbocycles. The molecular weight excluding hydrogens is 390 g/mol. The summed E-state index contributed by atoms with van der Waals surface area (Å²) in [5.41, 5.74) is 0.234. The number of anilines is 1. The van der Waals surface area contributed by atoms with Gasteiger partial charge in [-0.25, -0.2) is 4.79 Å².